The highest BCUT2D eigenvalue weighted by Crippen LogP contribution is 2.47. The maximum Gasteiger partial charge on any atom is 0.145 e. The summed E-state index contributed by atoms with van der Waals surface area (Å²) in [5.41, 5.74) is 13.4. The Balaban J connectivity index is 1.47. The maximum atomic E-state index is 4.68. The molecule has 0 saturated heterocycles. The van der Waals surface area contributed by atoms with Crippen molar-refractivity contribution in [3.63, 3.8) is 0 Å². The third kappa shape index (κ3) is 1.89. The first kappa shape index (κ1) is 15.8. The molecule has 3 heterocycles. The second-order valence-electron chi connectivity index (χ2n) is 8.71. The number of hydrogen-bond acceptors (Lipinski definition) is 2. The SMILES string of the molecule is c1ccc2c(c1)Cc1cc3c(cc1-2)-c1ccc2c(c1C3)c1ccncc1n1ccnc21. The topological polar surface area (TPSA) is 30.2 Å². The minimum atomic E-state index is 0.972. The Morgan fingerprint density at radius 1 is 0.710 bits per heavy atom. The second-order valence-corrected chi connectivity index (χ2v) is 8.71. The molecule has 0 amide bonds. The lowest BCUT2D eigenvalue weighted by Crippen LogP contribution is -1.94. The fourth-order valence-electron chi connectivity index (χ4n) is 5.89. The van der Waals surface area contributed by atoms with Crippen molar-refractivity contribution in [3.05, 3.63) is 102 Å². The number of hydrogen-bond donors (Lipinski definition) is 0. The van der Waals surface area contributed by atoms with Crippen molar-refractivity contribution < 1.29 is 0 Å². The van der Waals surface area contributed by atoms with Gasteiger partial charge in [-0.05, 0) is 80.9 Å². The highest BCUT2D eigenvalue weighted by atomic mass is 15.0. The average Bonchev–Trinajstić information content (AvgIpc) is 3.52. The lowest BCUT2D eigenvalue weighted by Gasteiger charge is -2.12. The number of nitrogens with zero attached hydrogens (tertiary/aromatic N) is 3. The summed E-state index contributed by atoms with van der Waals surface area (Å²) in [6, 6.07) is 20.4. The molecule has 0 fully saturated rings. The summed E-state index contributed by atoms with van der Waals surface area (Å²) in [7, 11) is 0. The third-order valence-corrected chi connectivity index (χ3v) is 7.20. The van der Waals surface area contributed by atoms with Crippen LogP contribution in [-0.2, 0) is 12.8 Å². The molecule has 8 rings (SSSR count). The van der Waals surface area contributed by atoms with Gasteiger partial charge >= 0.3 is 0 Å². The standard InChI is InChI=1S/C28H17N3/c1-2-4-19-16(3-1)11-17-12-18-13-25-20(24(18)14-23(17)19)5-6-22-27(25)21-7-8-29-15-26(21)31-10-9-30-28(22)31/h1-10,12,14-15H,11,13H2. The summed E-state index contributed by atoms with van der Waals surface area (Å²) in [5, 5.41) is 3.79. The smallest absolute Gasteiger partial charge is 0.145 e. The van der Waals surface area contributed by atoms with Crippen LogP contribution in [0.1, 0.15) is 22.3 Å². The average molecular weight is 395 g/mol. The lowest BCUT2D eigenvalue weighted by atomic mass is 9.96. The molecule has 3 nitrogen and oxygen atoms in total. The van der Waals surface area contributed by atoms with Gasteiger partial charge in [0.2, 0.25) is 0 Å². The summed E-state index contributed by atoms with van der Waals surface area (Å²) in [5.74, 6) is 0. The van der Waals surface area contributed by atoms with Crippen molar-refractivity contribution in [1.82, 2.24) is 14.4 Å². The zero-order valence-electron chi connectivity index (χ0n) is 16.8. The van der Waals surface area contributed by atoms with Gasteiger partial charge in [0, 0.05) is 29.4 Å². The van der Waals surface area contributed by atoms with Crippen LogP contribution in [0.3, 0.4) is 0 Å². The van der Waals surface area contributed by atoms with Gasteiger partial charge in [-0.1, -0.05) is 36.4 Å². The number of aromatic nitrogens is 3. The first-order valence-electron chi connectivity index (χ1n) is 10.8. The summed E-state index contributed by atoms with van der Waals surface area (Å²) >= 11 is 0. The molecule has 0 atom stereocenters. The molecule has 3 aromatic carbocycles. The van der Waals surface area contributed by atoms with E-state index in [9.17, 15) is 0 Å². The zero-order chi connectivity index (χ0) is 20.1. The van der Waals surface area contributed by atoms with Crippen LogP contribution < -0.4 is 0 Å². The van der Waals surface area contributed by atoms with Gasteiger partial charge in [0.15, 0.2) is 0 Å². The minimum Gasteiger partial charge on any atom is -0.298 e. The van der Waals surface area contributed by atoms with Gasteiger partial charge in [0.25, 0.3) is 0 Å². The Bertz CT molecular complexity index is 1740. The Hall–Kier alpha value is -3.98. The van der Waals surface area contributed by atoms with Gasteiger partial charge in [0.05, 0.1) is 11.7 Å². The summed E-state index contributed by atoms with van der Waals surface area (Å²) in [6.07, 6.45) is 9.78. The van der Waals surface area contributed by atoms with E-state index in [1.807, 2.05) is 24.8 Å². The number of benzene rings is 3. The molecule has 0 aliphatic heterocycles. The van der Waals surface area contributed by atoms with Gasteiger partial charge in [-0.15, -0.1) is 0 Å². The molecular weight excluding hydrogens is 378 g/mol. The van der Waals surface area contributed by atoms with E-state index in [0.29, 0.717) is 0 Å². The Morgan fingerprint density at radius 3 is 2.61 bits per heavy atom. The zero-order valence-corrected chi connectivity index (χ0v) is 16.8. The van der Waals surface area contributed by atoms with Crippen LogP contribution in [-0.4, -0.2) is 14.4 Å². The molecule has 0 bridgehead atoms. The molecule has 31 heavy (non-hydrogen) atoms. The number of pyridine rings is 2. The van der Waals surface area contributed by atoms with Crippen LogP contribution in [0.2, 0.25) is 0 Å². The first-order chi connectivity index (χ1) is 15.4. The van der Waals surface area contributed by atoms with Crippen molar-refractivity contribution in [3.8, 4) is 22.3 Å². The van der Waals surface area contributed by atoms with E-state index in [4.69, 9.17) is 0 Å². The van der Waals surface area contributed by atoms with Crippen molar-refractivity contribution >= 4 is 27.3 Å². The largest absolute Gasteiger partial charge is 0.298 e. The fraction of sp³-hybridized carbons (Fsp3) is 0.0714. The van der Waals surface area contributed by atoms with E-state index in [1.54, 1.807) is 0 Å². The van der Waals surface area contributed by atoms with Crippen LogP contribution in [0.15, 0.2) is 79.4 Å². The van der Waals surface area contributed by atoms with Crippen molar-refractivity contribution in [2.75, 3.05) is 0 Å². The van der Waals surface area contributed by atoms with Crippen LogP contribution in [0.4, 0.5) is 0 Å². The van der Waals surface area contributed by atoms with Gasteiger partial charge in [0.1, 0.15) is 5.65 Å². The van der Waals surface area contributed by atoms with E-state index >= 15 is 0 Å². The Kier molecular flexibility index (Phi) is 2.74. The van der Waals surface area contributed by atoms with Crippen LogP contribution in [0.5, 0.6) is 0 Å². The van der Waals surface area contributed by atoms with Crippen molar-refractivity contribution in [1.29, 1.82) is 0 Å². The predicted octanol–water partition coefficient (Wildman–Crippen LogP) is 6.18. The minimum absolute atomic E-state index is 0.972. The highest BCUT2D eigenvalue weighted by molar-refractivity contribution is 6.15. The molecule has 0 N–H and O–H groups in total. The monoisotopic (exact) mass is 395 g/mol. The molecule has 0 saturated carbocycles. The molecule has 2 aliphatic carbocycles. The predicted molar refractivity (Wildman–Crippen MR) is 124 cm³/mol. The Morgan fingerprint density at radius 2 is 1.61 bits per heavy atom. The summed E-state index contributed by atoms with van der Waals surface area (Å²) in [6.45, 7) is 0. The number of fused-ring (bicyclic) bond motifs is 13. The molecule has 3 aromatic heterocycles. The van der Waals surface area contributed by atoms with Crippen molar-refractivity contribution in [2.24, 2.45) is 0 Å². The fourth-order valence-corrected chi connectivity index (χ4v) is 5.89. The first-order valence-corrected chi connectivity index (χ1v) is 10.8. The molecule has 0 spiro atoms. The van der Waals surface area contributed by atoms with E-state index in [0.717, 1.165) is 24.0 Å². The molecule has 2 aliphatic rings. The molecule has 6 aromatic rings. The van der Waals surface area contributed by atoms with Crippen LogP contribution in [0, 0.1) is 0 Å². The van der Waals surface area contributed by atoms with Gasteiger partial charge in [-0.3, -0.25) is 9.38 Å². The Labute approximate surface area is 178 Å². The van der Waals surface area contributed by atoms with E-state index in [-0.39, 0.29) is 0 Å². The lowest BCUT2D eigenvalue weighted by molar-refractivity contribution is 1.22. The summed E-state index contributed by atoms with van der Waals surface area (Å²) < 4.78 is 2.16. The van der Waals surface area contributed by atoms with E-state index in [1.165, 1.54) is 60.7 Å². The molecular formula is C28H17N3. The van der Waals surface area contributed by atoms with Crippen molar-refractivity contribution in [2.45, 2.75) is 12.8 Å². The highest BCUT2D eigenvalue weighted by Gasteiger charge is 2.27. The van der Waals surface area contributed by atoms with E-state index in [2.05, 4.69) is 69.0 Å². The normalized spacial score (nSPS) is 13.5. The quantitative estimate of drug-likeness (QED) is 0.287. The second kappa shape index (κ2) is 5.38. The maximum absolute atomic E-state index is 4.68. The van der Waals surface area contributed by atoms with E-state index < -0.39 is 0 Å². The van der Waals surface area contributed by atoms with Gasteiger partial charge in [-0.2, -0.15) is 0 Å². The van der Waals surface area contributed by atoms with Gasteiger partial charge in [-0.25, -0.2) is 4.98 Å². The van der Waals surface area contributed by atoms with Crippen LogP contribution >= 0.6 is 0 Å². The summed E-state index contributed by atoms with van der Waals surface area (Å²) in [4.78, 5) is 9.08. The number of imidazole rings is 1. The molecule has 3 heteroatoms. The molecule has 144 valence electrons. The third-order valence-electron chi connectivity index (χ3n) is 7.20. The number of rotatable bonds is 0. The molecule has 0 unspecified atom stereocenters. The van der Waals surface area contributed by atoms with Crippen LogP contribution in [0.25, 0.3) is 49.6 Å². The van der Waals surface area contributed by atoms with Gasteiger partial charge < -0.3 is 0 Å². The molecule has 0 radical (unpaired) electrons.